The molecule has 0 bridgehead atoms. The molecule has 2 heterocycles. The number of benzene rings is 3. The Morgan fingerprint density at radius 2 is 1.85 bits per heavy atom. The summed E-state index contributed by atoms with van der Waals surface area (Å²) in [5, 5.41) is 0. The minimum Gasteiger partial charge on any atom is -0.493 e. The molecule has 1 aliphatic heterocycles. The minimum absolute atomic E-state index is 0.0671. The van der Waals surface area contributed by atoms with Crippen LogP contribution in [-0.4, -0.2) is 30.4 Å². The van der Waals surface area contributed by atoms with Crippen molar-refractivity contribution < 1.29 is 23.7 Å². The van der Waals surface area contributed by atoms with Crippen LogP contribution in [0.5, 0.6) is 17.2 Å². The van der Waals surface area contributed by atoms with Gasteiger partial charge in [-0.25, -0.2) is 9.79 Å². The standard InChI is InChI=1S/C34H31BrI2N2O6S/c1-6-43-33(41)29-19(4)38-34-39(30(29)21-9-12-26(45-18(2)3)27(14-21)42-5)32(40)28(46-34)15-22-13-24(36)16-25(37)31(22)44-17-20-7-10-23(35)11-8-20/h7-16,18,30H,6,17H2,1-5H3/b28-15+/t30-/m0/s1. The lowest BCUT2D eigenvalue weighted by atomic mass is 9.95. The number of carbonyl (C=O) groups is 1. The fourth-order valence-electron chi connectivity index (χ4n) is 5.03. The van der Waals surface area contributed by atoms with Crippen LogP contribution in [0.15, 0.2) is 80.1 Å². The Bertz CT molecular complexity index is 2000. The fourth-order valence-corrected chi connectivity index (χ4v) is 8.38. The molecule has 240 valence electrons. The molecule has 12 heteroatoms. The van der Waals surface area contributed by atoms with Crippen LogP contribution < -0.4 is 29.1 Å². The molecule has 46 heavy (non-hydrogen) atoms. The molecule has 1 aliphatic rings. The predicted octanol–water partition coefficient (Wildman–Crippen LogP) is 7.14. The smallest absolute Gasteiger partial charge is 0.338 e. The SMILES string of the molecule is CCOC(=O)C1=C(C)N=c2s/c(=C/c3cc(I)cc(I)c3OCc3ccc(Br)cc3)c(=O)n2[C@H]1c1ccc(OC(C)C)c(OC)c1. The Kier molecular flexibility index (Phi) is 11.3. The molecule has 0 saturated carbocycles. The summed E-state index contributed by atoms with van der Waals surface area (Å²) in [5.41, 5.74) is 2.96. The summed E-state index contributed by atoms with van der Waals surface area (Å²) in [4.78, 5) is 32.9. The number of thiazole rings is 1. The van der Waals surface area contributed by atoms with Gasteiger partial charge in [-0.05, 0) is 126 Å². The molecule has 1 atom stereocenters. The van der Waals surface area contributed by atoms with Gasteiger partial charge >= 0.3 is 5.97 Å². The monoisotopic (exact) mass is 928 g/mol. The maximum Gasteiger partial charge on any atom is 0.338 e. The van der Waals surface area contributed by atoms with E-state index in [2.05, 4.69) is 61.1 Å². The summed E-state index contributed by atoms with van der Waals surface area (Å²) < 4.78 is 28.3. The van der Waals surface area contributed by atoms with E-state index < -0.39 is 12.0 Å². The van der Waals surface area contributed by atoms with E-state index in [4.69, 9.17) is 23.9 Å². The second kappa shape index (κ2) is 15.0. The summed E-state index contributed by atoms with van der Waals surface area (Å²) >= 11 is 9.26. The highest BCUT2D eigenvalue weighted by Gasteiger charge is 2.34. The number of methoxy groups -OCH3 is 1. The van der Waals surface area contributed by atoms with Crippen molar-refractivity contribution in [3.05, 3.63) is 114 Å². The van der Waals surface area contributed by atoms with Gasteiger partial charge in [0, 0.05) is 13.6 Å². The molecule has 0 saturated heterocycles. The van der Waals surface area contributed by atoms with Crippen LogP contribution in [0.1, 0.15) is 50.4 Å². The topological polar surface area (TPSA) is 88.4 Å². The number of hydrogen-bond acceptors (Lipinski definition) is 8. The maximum atomic E-state index is 14.3. The normalized spacial score (nSPS) is 14.6. The number of fused-ring (bicyclic) bond motifs is 1. The molecule has 5 rings (SSSR count). The van der Waals surface area contributed by atoms with Gasteiger partial charge < -0.3 is 18.9 Å². The number of hydrogen-bond donors (Lipinski definition) is 0. The second-order valence-electron chi connectivity index (χ2n) is 10.6. The third-order valence-corrected chi connectivity index (χ3v) is 9.94. The van der Waals surface area contributed by atoms with Gasteiger partial charge in [-0.1, -0.05) is 45.5 Å². The minimum atomic E-state index is -0.788. The largest absolute Gasteiger partial charge is 0.493 e. The number of allylic oxidation sites excluding steroid dienone is 1. The van der Waals surface area contributed by atoms with Crippen LogP contribution >= 0.6 is 72.4 Å². The summed E-state index contributed by atoms with van der Waals surface area (Å²) in [7, 11) is 1.56. The molecule has 0 amide bonds. The molecule has 0 N–H and O–H groups in total. The van der Waals surface area contributed by atoms with Crippen molar-refractivity contribution in [3.8, 4) is 17.2 Å². The number of rotatable bonds is 10. The van der Waals surface area contributed by atoms with Gasteiger partial charge in [0.2, 0.25) is 0 Å². The Labute approximate surface area is 306 Å². The van der Waals surface area contributed by atoms with E-state index in [0.717, 1.165) is 22.7 Å². The van der Waals surface area contributed by atoms with E-state index in [1.807, 2.05) is 62.4 Å². The quantitative estimate of drug-likeness (QED) is 0.124. The van der Waals surface area contributed by atoms with Crippen molar-refractivity contribution in [2.24, 2.45) is 4.99 Å². The summed E-state index contributed by atoms with van der Waals surface area (Å²) in [5.74, 6) is 1.21. The van der Waals surface area contributed by atoms with Gasteiger partial charge in [-0.3, -0.25) is 9.36 Å². The first-order chi connectivity index (χ1) is 22.0. The van der Waals surface area contributed by atoms with Crippen LogP contribution in [0.4, 0.5) is 0 Å². The maximum absolute atomic E-state index is 14.3. The third-order valence-electron chi connectivity index (χ3n) is 7.00. The van der Waals surface area contributed by atoms with E-state index in [1.165, 1.54) is 11.3 Å². The van der Waals surface area contributed by atoms with E-state index >= 15 is 0 Å². The number of carbonyl (C=O) groups excluding carboxylic acids is 1. The van der Waals surface area contributed by atoms with Crippen LogP contribution in [0.25, 0.3) is 6.08 Å². The number of esters is 1. The summed E-state index contributed by atoms with van der Waals surface area (Å²) in [6.45, 7) is 7.93. The summed E-state index contributed by atoms with van der Waals surface area (Å²) in [6.07, 6.45) is 1.77. The van der Waals surface area contributed by atoms with Crippen LogP contribution in [0.3, 0.4) is 0 Å². The van der Waals surface area contributed by atoms with Gasteiger partial charge in [0.05, 0.1) is 45.2 Å². The van der Waals surface area contributed by atoms with E-state index in [9.17, 15) is 9.59 Å². The van der Waals surface area contributed by atoms with Crippen molar-refractivity contribution in [2.45, 2.75) is 46.4 Å². The highest BCUT2D eigenvalue weighted by atomic mass is 127. The van der Waals surface area contributed by atoms with Crippen molar-refractivity contribution in [3.63, 3.8) is 0 Å². The first-order valence-electron chi connectivity index (χ1n) is 14.4. The first-order valence-corrected chi connectivity index (χ1v) is 18.2. The van der Waals surface area contributed by atoms with Crippen LogP contribution in [-0.2, 0) is 16.1 Å². The van der Waals surface area contributed by atoms with Crippen LogP contribution in [0.2, 0.25) is 0 Å². The van der Waals surface area contributed by atoms with E-state index in [-0.39, 0.29) is 18.3 Å². The molecule has 0 aliphatic carbocycles. The molecule has 0 fully saturated rings. The lowest BCUT2D eigenvalue weighted by molar-refractivity contribution is -0.139. The zero-order valence-corrected chi connectivity index (χ0v) is 32.4. The Balaban J connectivity index is 1.66. The summed E-state index contributed by atoms with van der Waals surface area (Å²) in [6, 6.07) is 16.6. The molecule has 3 aromatic carbocycles. The second-order valence-corrected chi connectivity index (χ2v) is 14.9. The average molecular weight is 929 g/mol. The molecule has 8 nitrogen and oxygen atoms in total. The number of ether oxygens (including phenoxy) is 4. The molecular weight excluding hydrogens is 898 g/mol. The predicted molar refractivity (Wildman–Crippen MR) is 200 cm³/mol. The molecule has 0 spiro atoms. The molecule has 0 radical (unpaired) electrons. The highest BCUT2D eigenvalue weighted by Crippen LogP contribution is 2.37. The molecule has 4 aromatic rings. The fraction of sp³-hybridized carbons (Fsp3) is 0.265. The van der Waals surface area contributed by atoms with Crippen molar-refractivity contribution in [1.29, 1.82) is 0 Å². The van der Waals surface area contributed by atoms with Crippen molar-refractivity contribution >= 4 is 84.5 Å². The van der Waals surface area contributed by atoms with Gasteiger partial charge in [-0.2, -0.15) is 0 Å². The number of nitrogens with zero attached hydrogens (tertiary/aromatic N) is 2. The number of aromatic nitrogens is 1. The lowest BCUT2D eigenvalue weighted by Crippen LogP contribution is -2.40. The molecule has 1 aromatic heterocycles. The van der Waals surface area contributed by atoms with Crippen molar-refractivity contribution in [2.75, 3.05) is 13.7 Å². The van der Waals surface area contributed by atoms with Gasteiger partial charge in [0.25, 0.3) is 5.56 Å². The molecule has 0 unspecified atom stereocenters. The Hall–Kier alpha value is -2.69. The first kappa shape index (κ1) is 34.6. The van der Waals surface area contributed by atoms with Gasteiger partial charge in [0.1, 0.15) is 12.4 Å². The van der Waals surface area contributed by atoms with Crippen molar-refractivity contribution in [1.82, 2.24) is 4.57 Å². The van der Waals surface area contributed by atoms with E-state index in [0.29, 0.717) is 50.0 Å². The van der Waals surface area contributed by atoms with Crippen LogP contribution in [0, 0.1) is 7.14 Å². The third kappa shape index (κ3) is 7.55. The van der Waals surface area contributed by atoms with Gasteiger partial charge in [0.15, 0.2) is 16.3 Å². The lowest BCUT2D eigenvalue weighted by Gasteiger charge is -2.25. The van der Waals surface area contributed by atoms with E-state index in [1.54, 1.807) is 37.7 Å². The zero-order chi connectivity index (χ0) is 33.1. The number of halogens is 3. The highest BCUT2D eigenvalue weighted by molar-refractivity contribution is 14.1. The molecular formula is C34H31BrI2N2O6S. The average Bonchev–Trinajstić information content (AvgIpc) is 3.30. The Morgan fingerprint density at radius 3 is 2.52 bits per heavy atom. The Morgan fingerprint density at radius 1 is 1.11 bits per heavy atom. The van der Waals surface area contributed by atoms with Gasteiger partial charge in [-0.15, -0.1) is 0 Å². The zero-order valence-electron chi connectivity index (χ0n) is 25.7.